The standard InChI is InChI=1S/C22H25NO4/c1-26-21-12-15(10-11-18(21)24)22(25)23-13-16-6-2-4-8-19(16)27-20-9-5-3-7-17(20)14-23/h2-9,15,18,21,24H,10-14H2,1H3/t15-,18+,21-/m0/s1. The van der Waals surface area contributed by atoms with Crippen LogP contribution in [0.2, 0.25) is 0 Å². The molecule has 3 atom stereocenters. The number of aliphatic hydroxyl groups excluding tert-OH is 1. The van der Waals surface area contributed by atoms with Crippen molar-refractivity contribution in [1.29, 1.82) is 0 Å². The van der Waals surface area contributed by atoms with Crippen molar-refractivity contribution < 1.29 is 19.4 Å². The van der Waals surface area contributed by atoms with Crippen LogP contribution in [0.15, 0.2) is 48.5 Å². The minimum absolute atomic E-state index is 0.121. The molecule has 0 unspecified atom stereocenters. The quantitative estimate of drug-likeness (QED) is 0.883. The highest BCUT2D eigenvalue weighted by Gasteiger charge is 2.35. The number of benzene rings is 2. The average Bonchev–Trinajstić information content (AvgIpc) is 2.68. The van der Waals surface area contributed by atoms with E-state index in [2.05, 4.69) is 0 Å². The highest BCUT2D eigenvalue weighted by molar-refractivity contribution is 5.79. The van der Waals surface area contributed by atoms with Crippen molar-refractivity contribution in [3.8, 4) is 11.5 Å². The molecule has 2 aromatic rings. The third-order valence-electron chi connectivity index (χ3n) is 5.61. The number of ether oxygens (including phenoxy) is 2. The van der Waals surface area contributed by atoms with Gasteiger partial charge in [0.25, 0.3) is 0 Å². The third-order valence-corrected chi connectivity index (χ3v) is 5.61. The zero-order valence-electron chi connectivity index (χ0n) is 15.5. The average molecular weight is 367 g/mol. The van der Waals surface area contributed by atoms with Gasteiger partial charge in [0.05, 0.1) is 12.2 Å². The highest BCUT2D eigenvalue weighted by atomic mass is 16.5. The molecule has 0 spiro atoms. The van der Waals surface area contributed by atoms with E-state index < -0.39 is 6.10 Å². The lowest BCUT2D eigenvalue weighted by atomic mass is 9.84. The van der Waals surface area contributed by atoms with E-state index in [-0.39, 0.29) is 17.9 Å². The van der Waals surface area contributed by atoms with Gasteiger partial charge in [0.1, 0.15) is 11.5 Å². The van der Waals surface area contributed by atoms with E-state index in [1.807, 2.05) is 53.4 Å². The van der Waals surface area contributed by atoms with Crippen LogP contribution in [0.5, 0.6) is 11.5 Å². The molecule has 0 radical (unpaired) electrons. The summed E-state index contributed by atoms with van der Waals surface area (Å²) in [5.41, 5.74) is 2.00. The van der Waals surface area contributed by atoms with Gasteiger partial charge in [-0.3, -0.25) is 4.79 Å². The molecule has 5 nitrogen and oxygen atoms in total. The summed E-state index contributed by atoms with van der Waals surface area (Å²) in [5, 5.41) is 10.1. The highest BCUT2D eigenvalue weighted by Crippen LogP contribution is 2.35. The van der Waals surface area contributed by atoms with E-state index in [0.29, 0.717) is 32.4 Å². The first kappa shape index (κ1) is 18.0. The van der Waals surface area contributed by atoms with E-state index in [9.17, 15) is 9.90 Å². The van der Waals surface area contributed by atoms with Gasteiger partial charge in [-0.15, -0.1) is 0 Å². The second-order valence-corrected chi connectivity index (χ2v) is 7.36. The number of hydrogen-bond donors (Lipinski definition) is 1. The molecule has 0 aromatic heterocycles. The van der Waals surface area contributed by atoms with Crippen molar-refractivity contribution >= 4 is 5.91 Å². The molecule has 5 heteroatoms. The van der Waals surface area contributed by atoms with E-state index in [4.69, 9.17) is 9.47 Å². The molecule has 1 aliphatic carbocycles. The predicted octanol–water partition coefficient (Wildman–Crippen LogP) is 3.50. The molecule has 1 fully saturated rings. The summed E-state index contributed by atoms with van der Waals surface area (Å²) in [4.78, 5) is 15.3. The zero-order valence-corrected chi connectivity index (χ0v) is 15.5. The van der Waals surface area contributed by atoms with Crippen LogP contribution in [0, 0.1) is 5.92 Å². The van der Waals surface area contributed by atoms with Gasteiger partial charge >= 0.3 is 0 Å². The SMILES string of the molecule is CO[C@H]1C[C@@H](C(=O)N2Cc3ccccc3Oc3ccccc3C2)CC[C@H]1O. The number of rotatable bonds is 2. The maximum absolute atomic E-state index is 13.4. The molecule has 1 aliphatic heterocycles. The van der Waals surface area contributed by atoms with E-state index >= 15 is 0 Å². The Bertz CT molecular complexity index is 774. The Balaban J connectivity index is 1.63. The molecule has 1 saturated carbocycles. The van der Waals surface area contributed by atoms with Crippen LogP contribution >= 0.6 is 0 Å². The van der Waals surface area contributed by atoms with Crippen LogP contribution in [0.25, 0.3) is 0 Å². The second kappa shape index (κ2) is 7.71. The van der Waals surface area contributed by atoms with Gasteiger partial charge in [-0.25, -0.2) is 0 Å². The molecule has 1 N–H and O–H groups in total. The first-order valence-corrected chi connectivity index (χ1v) is 9.49. The molecule has 142 valence electrons. The van der Waals surface area contributed by atoms with Crippen molar-refractivity contribution in [1.82, 2.24) is 4.90 Å². The molecule has 2 aliphatic rings. The summed E-state index contributed by atoms with van der Waals surface area (Å²) >= 11 is 0. The first-order chi connectivity index (χ1) is 13.2. The third kappa shape index (κ3) is 3.70. The number of methoxy groups -OCH3 is 1. The van der Waals surface area contributed by atoms with E-state index in [1.54, 1.807) is 7.11 Å². The summed E-state index contributed by atoms with van der Waals surface area (Å²) in [6.45, 7) is 1.03. The van der Waals surface area contributed by atoms with Gasteiger partial charge in [0, 0.05) is 37.2 Å². The smallest absolute Gasteiger partial charge is 0.226 e. The van der Waals surface area contributed by atoms with Crippen molar-refractivity contribution in [3.05, 3.63) is 59.7 Å². The van der Waals surface area contributed by atoms with Crippen LogP contribution in [-0.2, 0) is 22.6 Å². The number of carbonyl (C=O) groups excluding carboxylic acids is 1. The van der Waals surface area contributed by atoms with Crippen LogP contribution in [-0.4, -0.2) is 35.2 Å². The Kier molecular flexibility index (Phi) is 5.14. The van der Waals surface area contributed by atoms with Crippen molar-refractivity contribution in [2.24, 2.45) is 5.92 Å². The number of hydrogen-bond acceptors (Lipinski definition) is 4. The Morgan fingerprint density at radius 1 is 1.04 bits per heavy atom. The molecule has 1 heterocycles. The Labute approximate surface area is 159 Å². The Morgan fingerprint density at radius 3 is 2.22 bits per heavy atom. The summed E-state index contributed by atoms with van der Waals surface area (Å²) in [6.07, 6.45) is 1.09. The fourth-order valence-electron chi connectivity index (χ4n) is 4.06. The van der Waals surface area contributed by atoms with Gasteiger partial charge in [-0.1, -0.05) is 36.4 Å². The summed E-state index contributed by atoms with van der Waals surface area (Å²) < 4.78 is 11.5. The molecule has 1 amide bonds. The van der Waals surface area contributed by atoms with Gasteiger partial charge in [0.15, 0.2) is 0 Å². The second-order valence-electron chi connectivity index (χ2n) is 7.36. The van der Waals surface area contributed by atoms with E-state index in [1.165, 1.54) is 0 Å². The number of aliphatic hydroxyl groups is 1. The minimum atomic E-state index is -0.485. The lowest BCUT2D eigenvalue weighted by Gasteiger charge is -2.35. The topological polar surface area (TPSA) is 59.0 Å². The molecule has 2 aromatic carbocycles. The number of amides is 1. The monoisotopic (exact) mass is 367 g/mol. The lowest BCUT2D eigenvalue weighted by molar-refractivity contribution is -0.142. The lowest BCUT2D eigenvalue weighted by Crippen LogP contribution is -2.43. The Hall–Kier alpha value is -2.37. The van der Waals surface area contributed by atoms with Crippen molar-refractivity contribution in [2.45, 2.75) is 44.6 Å². The maximum atomic E-state index is 13.4. The number of fused-ring (bicyclic) bond motifs is 2. The summed E-state index contributed by atoms with van der Waals surface area (Å²) in [6, 6.07) is 15.7. The summed E-state index contributed by atoms with van der Waals surface area (Å²) in [5.74, 6) is 1.57. The van der Waals surface area contributed by atoms with Gasteiger partial charge in [-0.05, 0) is 31.4 Å². The maximum Gasteiger partial charge on any atom is 0.226 e. The van der Waals surface area contributed by atoms with Crippen LogP contribution in [0.3, 0.4) is 0 Å². The van der Waals surface area contributed by atoms with Crippen molar-refractivity contribution in [2.75, 3.05) is 7.11 Å². The normalized spacial score (nSPS) is 24.8. The molecular formula is C22H25NO4. The molecule has 0 saturated heterocycles. The van der Waals surface area contributed by atoms with Crippen LogP contribution < -0.4 is 4.74 Å². The minimum Gasteiger partial charge on any atom is -0.457 e. The molecule has 0 bridgehead atoms. The largest absolute Gasteiger partial charge is 0.457 e. The van der Waals surface area contributed by atoms with Crippen molar-refractivity contribution in [3.63, 3.8) is 0 Å². The van der Waals surface area contributed by atoms with Crippen LogP contribution in [0.1, 0.15) is 30.4 Å². The van der Waals surface area contributed by atoms with Gasteiger partial charge in [-0.2, -0.15) is 0 Å². The fraction of sp³-hybridized carbons (Fsp3) is 0.409. The van der Waals surface area contributed by atoms with Crippen LogP contribution in [0.4, 0.5) is 0 Å². The number of nitrogens with zero attached hydrogens (tertiary/aromatic N) is 1. The van der Waals surface area contributed by atoms with Gasteiger partial charge < -0.3 is 19.5 Å². The number of para-hydroxylation sites is 2. The Morgan fingerprint density at radius 2 is 1.63 bits per heavy atom. The zero-order chi connectivity index (χ0) is 18.8. The molecular weight excluding hydrogens is 342 g/mol. The summed E-state index contributed by atoms with van der Waals surface area (Å²) in [7, 11) is 1.60. The van der Waals surface area contributed by atoms with Gasteiger partial charge in [0.2, 0.25) is 5.91 Å². The van der Waals surface area contributed by atoms with E-state index in [0.717, 1.165) is 22.6 Å². The molecule has 27 heavy (non-hydrogen) atoms. The molecule has 4 rings (SSSR count). The first-order valence-electron chi connectivity index (χ1n) is 9.49. The number of carbonyl (C=O) groups is 1. The predicted molar refractivity (Wildman–Crippen MR) is 101 cm³/mol. The fourth-order valence-corrected chi connectivity index (χ4v) is 4.06.